The number of rotatable bonds is 2. The lowest BCUT2D eigenvalue weighted by molar-refractivity contribution is -0.114. The molecule has 0 saturated carbocycles. The Morgan fingerprint density at radius 3 is 2.53 bits per heavy atom. The summed E-state index contributed by atoms with van der Waals surface area (Å²) in [5, 5.41) is 1.90. The van der Waals surface area contributed by atoms with E-state index in [1.807, 2.05) is 5.32 Å². The highest BCUT2D eigenvalue weighted by atomic mass is 32.2. The van der Waals surface area contributed by atoms with E-state index < -0.39 is 39.2 Å². The molecule has 0 bridgehead atoms. The summed E-state index contributed by atoms with van der Waals surface area (Å²) in [6, 6.07) is 1.64. The smallest absolute Gasteiger partial charge is 0.221 e. The van der Waals surface area contributed by atoms with Crippen molar-refractivity contribution in [3.8, 4) is 0 Å². The lowest BCUT2D eigenvalue weighted by atomic mass is 10.3. The van der Waals surface area contributed by atoms with Gasteiger partial charge in [0.2, 0.25) is 5.91 Å². The molecule has 15 heavy (non-hydrogen) atoms. The van der Waals surface area contributed by atoms with Gasteiger partial charge in [0, 0.05) is 6.92 Å². The van der Waals surface area contributed by atoms with Gasteiger partial charge in [-0.15, -0.1) is 0 Å². The number of carbonyl (C=O) groups is 1. The fraction of sp³-hybridized carbons (Fsp3) is 0.125. The Morgan fingerprint density at radius 1 is 1.47 bits per heavy atom. The van der Waals surface area contributed by atoms with Crippen molar-refractivity contribution in [3.63, 3.8) is 0 Å². The third-order valence-electron chi connectivity index (χ3n) is 1.54. The van der Waals surface area contributed by atoms with Crippen LogP contribution in [0.1, 0.15) is 6.92 Å². The molecule has 1 rings (SSSR count). The highest BCUT2D eigenvalue weighted by Crippen LogP contribution is 2.23. The molecule has 0 fully saturated rings. The molecule has 0 heterocycles. The third kappa shape index (κ3) is 2.57. The molecule has 1 amide bonds. The summed E-state index contributed by atoms with van der Waals surface area (Å²) in [5.74, 6) is -2.92. The summed E-state index contributed by atoms with van der Waals surface area (Å²) in [6.45, 7) is 1.07. The van der Waals surface area contributed by atoms with E-state index in [9.17, 15) is 17.8 Å². The highest BCUT2D eigenvalue weighted by Gasteiger charge is 2.17. The van der Waals surface area contributed by atoms with Crippen LogP contribution in [0.5, 0.6) is 0 Å². The van der Waals surface area contributed by atoms with Gasteiger partial charge in [0.25, 0.3) is 0 Å². The normalized spacial score (nSPS) is 12.3. The first-order valence-electron chi connectivity index (χ1n) is 3.80. The van der Waals surface area contributed by atoms with Crippen LogP contribution in [-0.4, -0.2) is 14.7 Å². The van der Waals surface area contributed by atoms with Crippen LogP contribution in [0, 0.1) is 11.6 Å². The van der Waals surface area contributed by atoms with Crippen LogP contribution in [0.2, 0.25) is 0 Å². The molecule has 0 spiro atoms. The molecule has 2 N–H and O–H groups in total. The van der Waals surface area contributed by atoms with Gasteiger partial charge >= 0.3 is 0 Å². The second-order valence-electron chi connectivity index (χ2n) is 2.66. The molecule has 0 aliphatic heterocycles. The second-order valence-corrected chi connectivity index (χ2v) is 3.60. The number of carbonyl (C=O) groups excluding carboxylic acids is 1. The molecule has 1 unspecified atom stereocenters. The van der Waals surface area contributed by atoms with Gasteiger partial charge in [-0.05, 0) is 12.1 Å². The Hall–Kier alpha value is -1.34. The van der Waals surface area contributed by atoms with Crippen molar-refractivity contribution in [1.82, 2.24) is 0 Å². The van der Waals surface area contributed by atoms with Gasteiger partial charge in [-0.25, -0.2) is 13.0 Å². The molecule has 0 saturated heterocycles. The summed E-state index contributed by atoms with van der Waals surface area (Å²) in [7, 11) is 0. The number of halogens is 2. The Balaban J connectivity index is 3.29. The van der Waals surface area contributed by atoms with Crippen molar-refractivity contribution in [2.75, 3.05) is 5.32 Å². The highest BCUT2D eigenvalue weighted by molar-refractivity contribution is 7.79. The summed E-state index contributed by atoms with van der Waals surface area (Å²) in [5.41, 5.74) is -0.720. The molecular weight excluding hydrogens is 228 g/mol. The summed E-state index contributed by atoms with van der Waals surface area (Å²) < 4.78 is 45.6. The molecular formula is C8H7F2NO3S. The Morgan fingerprint density at radius 2 is 2.07 bits per heavy atom. The molecule has 7 heteroatoms. The van der Waals surface area contributed by atoms with Gasteiger partial charge in [-0.1, -0.05) is 0 Å². The zero-order chi connectivity index (χ0) is 11.6. The largest absolute Gasteiger partial charge is 0.321 e. The Bertz CT molecular complexity index is 436. The van der Waals surface area contributed by atoms with E-state index in [1.54, 1.807) is 0 Å². The average molecular weight is 235 g/mol. The average Bonchev–Trinajstić information content (AvgIpc) is 2.11. The van der Waals surface area contributed by atoms with Gasteiger partial charge in [0.05, 0.1) is 0 Å². The van der Waals surface area contributed by atoms with Gasteiger partial charge in [-0.3, -0.25) is 4.79 Å². The molecule has 1 aromatic rings. The van der Waals surface area contributed by atoms with Crippen molar-refractivity contribution in [1.29, 1.82) is 0 Å². The quantitative estimate of drug-likeness (QED) is 0.763. The molecule has 0 radical (unpaired) electrons. The van der Waals surface area contributed by atoms with E-state index in [4.69, 9.17) is 4.55 Å². The van der Waals surface area contributed by atoms with Gasteiger partial charge < -0.3 is 9.87 Å². The summed E-state index contributed by atoms with van der Waals surface area (Å²) in [4.78, 5) is 10.0. The maximum Gasteiger partial charge on any atom is 0.221 e. The van der Waals surface area contributed by atoms with Crippen molar-refractivity contribution < 1.29 is 22.3 Å². The first-order valence-corrected chi connectivity index (χ1v) is 4.90. The van der Waals surface area contributed by atoms with Crippen LogP contribution in [0.25, 0.3) is 0 Å². The fourth-order valence-electron chi connectivity index (χ4n) is 0.959. The minimum atomic E-state index is -2.57. The van der Waals surface area contributed by atoms with Crippen LogP contribution in [0.15, 0.2) is 17.0 Å². The van der Waals surface area contributed by atoms with E-state index >= 15 is 0 Å². The lowest BCUT2D eigenvalue weighted by Gasteiger charge is -2.07. The minimum absolute atomic E-state index is 0.583. The molecule has 1 aromatic carbocycles. The van der Waals surface area contributed by atoms with Crippen LogP contribution >= 0.6 is 0 Å². The minimum Gasteiger partial charge on any atom is -0.321 e. The van der Waals surface area contributed by atoms with Crippen LogP contribution in [0.3, 0.4) is 0 Å². The molecule has 4 nitrogen and oxygen atoms in total. The topological polar surface area (TPSA) is 66.4 Å². The van der Waals surface area contributed by atoms with Crippen molar-refractivity contribution in [2.45, 2.75) is 11.8 Å². The maximum absolute atomic E-state index is 13.3. The van der Waals surface area contributed by atoms with E-state index in [1.165, 1.54) is 0 Å². The summed E-state index contributed by atoms with van der Waals surface area (Å²) in [6.07, 6.45) is 0. The van der Waals surface area contributed by atoms with Crippen LogP contribution in [0.4, 0.5) is 14.5 Å². The third-order valence-corrected chi connectivity index (χ3v) is 2.24. The van der Waals surface area contributed by atoms with Gasteiger partial charge in [-0.2, -0.15) is 0 Å². The number of amides is 1. The fourth-order valence-corrected chi connectivity index (χ4v) is 1.40. The molecule has 0 aliphatic rings. The maximum atomic E-state index is 13.3. The Kier molecular flexibility index (Phi) is 3.48. The molecule has 82 valence electrons. The van der Waals surface area contributed by atoms with E-state index in [0.717, 1.165) is 19.1 Å². The van der Waals surface area contributed by atoms with E-state index in [-0.39, 0.29) is 0 Å². The Labute approximate surface area is 86.6 Å². The summed E-state index contributed by atoms with van der Waals surface area (Å²) >= 11 is -2.57. The van der Waals surface area contributed by atoms with Crippen molar-refractivity contribution in [3.05, 3.63) is 23.8 Å². The lowest BCUT2D eigenvalue weighted by Crippen LogP contribution is -2.11. The second kappa shape index (κ2) is 4.45. The zero-order valence-electron chi connectivity index (χ0n) is 7.58. The number of hydrogen-bond acceptors (Lipinski definition) is 2. The predicted molar refractivity (Wildman–Crippen MR) is 49.7 cm³/mol. The zero-order valence-corrected chi connectivity index (χ0v) is 8.40. The first-order chi connectivity index (χ1) is 6.93. The van der Waals surface area contributed by atoms with Gasteiger partial charge in [0.1, 0.15) is 16.4 Å². The monoisotopic (exact) mass is 235 g/mol. The van der Waals surface area contributed by atoms with Crippen molar-refractivity contribution in [2.24, 2.45) is 0 Å². The van der Waals surface area contributed by atoms with Crippen LogP contribution in [-0.2, 0) is 15.9 Å². The first kappa shape index (κ1) is 11.7. The van der Waals surface area contributed by atoms with E-state index in [2.05, 4.69) is 0 Å². The molecule has 0 aromatic heterocycles. The predicted octanol–water partition coefficient (Wildman–Crippen LogP) is 1.50. The van der Waals surface area contributed by atoms with Crippen molar-refractivity contribution >= 4 is 22.7 Å². The standard InChI is InChI=1S/C8H7F2NO3S/c1-4(12)11-8-5(9)2-3-6(7(8)10)15(13)14/h2-3H,1H3,(H,11,12)(H,13,14). The van der Waals surface area contributed by atoms with Gasteiger partial charge in [0.15, 0.2) is 16.9 Å². The van der Waals surface area contributed by atoms with E-state index in [0.29, 0.717) is 0 Å². The number of hydrogen-bond donors (Lipinski definition) is 2. The SMILES string of the molecule is CC(=O)Nc1c(F)ccc(S(=O)O)c1F. The number of benzene rings is 1. The van der Waals surface area contributed by atoms with Crippen LogP contribution < -0.4 is 5.32 Å². The molecule has 1 atom stereocenters. The molecule has 0 aliphatic carbocycles. The number of nitrogens with one attached hydrogen (secondary N) is 1. The number of anilines is 1.